The number of epoxide rings is 1. The van der Waals surface area contributed by atoms with Gasteiger partial charge in [-0.3, -0.25) is 0 Å². The van der Waals surface area contributed by atoms with E-state index in [9.17, 15) is 0 Å². The van der Waals surface area contributed by atoms with Gasteiger partial charge in [-0.2, -0.15) is 0 Å². The van der Waals surface area contributed by atoms with Crippen molar-refractivity contribution in [3.63, 3.8) is 0 Å². The largest absolute Gasteiger partial charge is 0.371 e. The Bertz CT molecular complexity index is 346. The van der Waals surface area contributed by atoms with E-state index in [1.54, 1.807) is 0 Å². The van der Waals surface area contributed by atoms with Gasteiger partial charge in [-0.25, -0.2) is 0 Å². The lowest BCUT2D eigenvalue weighted by atomic mass is 10.1. The second kappa shape index (κ2) is 2.99. The Kier molecular flexibility index (Phi) is 1.77. The fourth-order valence-electron chi connectivity index (χ4n) is 2.30. The van der Waals surface area contributed by atoms with Gasteiger partial charge in [-0.1, -0.05) is 18.2 Å². The molecule has 0 aromatic heterocycles. The third kappa shape index (κ3) is 1.30. The summed E-state index contributed by atoms with van der Waals surface area (Å²) in [6, 6.07) is 9.35. The zero-order valence-electron chi connectivity index (χ0n) is 8.44. The van der Waals surface area contributed by atoms with Gasteiger partial charge in [-0.05, 0) is 25.0 Å². The maximum atomic E-state index is 5.29. The summed E-state index contributed by atoms with van der Waals surface area (Å²) >= 11 is 0. The molecule has 1 saturated heterocycles. The van der Waals surface area contributed by atoms with E-state index in [2.05, 4.69) is 36.1 Å². The Morgan fingerprint density at radius 2 is 2.21 bits per heavy atom. The number of fused-ring (bicyclic) bond motifs is 1. The first-order valence-corrected chi connectivity index (χ1v) is 5.31. The van der Waals surface area contributed by atoms with Crippen molar-refractivity contribution < 1.29 is 4.74 Å². The van der Waals surface area contributed by atoms with E-state index >= 15 is 0 Å². The van der Waals surface area contributed by atoms with Crippen LogP contribution in [0.25, 0.3) is 0 Å². The van der Waals surface area contributed by atoms with Crippen LogP contribution in [0.3, 0.4) is 0 Å². The molecule has 2 unspecified atom stereocenters. The van der Waals surface area contributed by atoms with Gasteiger partial charge in [0.05, 0.1) is 12.7 Å². The van der Waals surface area contributed by atoms with Crippen LogP contribution in [-0.2, 0) is 11.2 Å². The van der Waals surface area contributed by atoms with Crippen molar-refractivity contribution in [3.05, 3.63) is 29.8 Å². The Labute approximate surface area is 84.5 Å². The van der Waals surface area contributed by atoms with Crippen molar-refractivity contribution >= 4 is 5.69 Å². The molecule has 1 aromatic rings. The summed E-state index contributed by atoms with van der Waals surface area (Å²) in [6.45, 7) is 4.31. The number of benzene rings is 1. The van der Waals surface area contributed by atoms with Crippen LogP contribution in [0, 0.1) is 0 Å². The van der Waals surface area contributed by atoms with Crippen LogP contribution in [0.4, 0.5) is 5.69 Å². The molecule has 0 aliphatic carbocycles. The first kappa shape index (κ1) is 8.30. The molecule has 74 valence electrons. The van der Waals surface area contributed by atoms with Gasteiger partial charge in [-0.15, -0.1) is 0 Å². The monoisotopic (exact) mass is 189 g/mol. The minimum absolute atomic E-state index is 0.489. The molecule has 0 bridgehead atoms. The summed E-state index contributed by atoms with van der Waals surface area (Å²) in [6.07, 6.45) is 1.67. The van der Waals surface area contributed by atoms with Crippen LogP contribution in [-0.4, -0.2) is 25.3 Å². The number of hydrogen-bond donors (Lipinski definition) is 0. The lowest BCUT2D eigenvalue weighted by molar-refractivity contribution is 0.404. The highest BCUT2D eigenvalue weighted by Gasteiger charge is 2.32. The van der Waals surface area contributed by atoms with E-state index in [4.69, 9.17) is 4.74 Å². The Morgan fingerprint density at radius 1 is 1.43 bits per heavy atom. The van der Waals surface area contributed by atoms with Crippen molar-refractivity contribution in [2.45, 2.75) is 25.5 Å². The number of ether oxygens (including phenoxy) is 1. The predicted molar refractivity (Wildman–Crippen MR) is 56.7 cm³/mol. The fraction of sp³-hybridized carbons (Fsp3) is 0.500. The summed E-state index contributed by atoms with van der Waals surface area (Å²) in [5.74, 6) is 0. The van der Waals surface area contributed by atoms with Crippen LogP contribution in [0.15, 0.2) is 24.3 Å². The topological polar surface area (TPSA) is 15.8 Å². The molecule has 2 aliphatic rings. The number of hydrogen-bond acceptors (Lipinski definition) is 2. The summed E-state index contributed by atoms with van der Waals surface area (Å²) in [4.78, 5) is 2.48. The Hall–Kier alpha value is -1.02. The summed E-state index contributed by atoms with van der Waals surface area (Å²) < 4.78 is 5.29. The zero-order valence-corrected chi connectivity index (χ0v) is 8.44. The van der Waals surface area contributed by atoms with Crippen molar-refractivity contribution in [3.8, 4) is 0 Å². The van der Waals surface area contributed by atoms with Crippen LogP contribution < -0.4 is 4.90 Å². The highest BCUT2D eigenvalue weighted by atomic mass is 16.6. The van der Waals surface area contributed by atoms with Gasteiger partial charge >= 0.3 is 0 Å². The van der Waals surface area contributed by atoms with Crippen LogP contribution >= 0.6 is 0 Å². The summed E-state index contributed by atoms with van der Waals surface area (Å²) in [5.41, 5.74) is 2.90. The quantitative estimate of drug-likeness (QED) is 0.660. The van der Waals surface area contributed by atoms with E-state index in [0.717, 1.165) is 13.2 Å². The average molecular weight is 189 g/mol. The standard InChI is InChI=1S/C12H15NO/c1-9-6-10-4-2-3-5-12(10)13(9)7-11-8-14-11/h2-5,9,11H,6-8H2,1H3. The molecule has 0 spiro atoms. The molecule has 2 nitrogen and oxygen atoms in total. The van der Waals surface area contributed by atoms with E-state index in [1.165, 1.54) is 17.7 Å². The van der Waals surface area contributed by atoms with E-state index < -0.39 is 0 Å². The molecule has 0 radical (unpaired) electrons. The number of anilines is 1. The second-order valence-electron chi connectivity index (χ2n) is 4.29. The smallest absolute Gasteiger partial charge is 0.0984 e. The Balaban J connectivity index is 1.88. The molecule has 1 aromatic carbocycles. The molecule has 0 N–H and O–H groups in total. The van der Waals surface area contributed by atoms with Crippen LogP contribution in [0.5, 0.6) is 0 Å². The number of para-hydroxylation sites is 1. The molecule has 1 fully saturated rings. The zero-order chi connectivity index (χ0) is 9.54. The molecule has 0 amide bonds. The van der Waals surface area contributed by atoms with Crippen LogP contribution in [0.2, 0.25) is 0 Å². The molecule has 3 rings (SSSR count). The Morgan fingerprint density at radius 3 is 3.00 bits per heavy atom. The molecule has 14 heavy (non-hydrogen) atoms. The average Bonchev–Trinajstić information content (AvgIpc) is 2.93. The summed E-state index contributed by atoms with van der Waals surface area (Å²) in [7, 11) is 0. The maximum absolute atomic E-state index is 5.29. The van der Waals surface area contributed by atoms with E-state index in [1.807, 2.05) is 0 Å². The normalized spacial score (nSPS) is 29.1. The van der Waals surface area contributed by atoms with E-state index in [0.29, 0.717) is 12.1 Å². The van der Waals surface area contributed by atoms with Crippen molar-refractivity contribution in [1.29, 1.82) is 0 Å². The van der Waals surface area contributed by atoms with Gasteiger partial charge in [0.15, 0.2) is 0 Å². The minimum Gasteiger partial charge on any atom is -0.371 e. The highest BCUT2D eigenvalue weighted by molar-refractivity contribution is 5.59. The second-order valence-corrected chi connectivity index (χ2v) is 4.29. The molecule has 2 atom stereocenters. The molecule has 2 aliphatic heterocycles. The van der Waals surface area contributed by atoms with Gasteiger partial charge in [0, 0.05) is 18.3 Å². The predicted octanol–water partition coefficient (Wildman–Crippen LogP) is 1.84. The number of nitrogens with zero attached hydrogens (tertiary/aromatic N) is 1. The molecule has 2 heteroatoms. The molecular formula is C12H15NO. The van der Waals surface area contributed by atoms with Crippen molar-refractivity contribution in [2.75, 3.05) is 18.1 Å². The van der Waals surface area contributed by atoms with Crippen molar-refractivity contribution in [1.82, 2.24) is 0 Å². The number of rotatable bonds is 2. The lowest BCUT2D eigenvalue weighted by Crippen LogP contribution is -2.32. The van der Waals surface area contributed by atoms with Gasteiger partial charge < -0.3 is 9.64 Å². The van der Waals surface area contributed by atoms with Crippen LogP contribution in [0.1, 0.15) is 12.5 Å². The maximum Gasteiger partial charge on any atom is 0.0984 e. The SMILES string of the molecule is CC1Cc2ccccc2N1CC1CO1. The minimum atomic E-state index is 0.489. The first-order chi connectivity index (χ1) is 6.84. The summed E-state index contributed by atoms with van der Waals surface area (Å²) in [5, 5.41) is 0. The highest BCUT2D eigenvalue weighted by Crippen LogP contribution is 2.32. The molecule has 0 saturated carbocycles. The van der Waals surface area contributed by atoms with Gasteiger partial charge in [0.25, 0.3) is 0 Å². The molecule has 2 heterocycles. The third-order valence-electron chi connectivity index (χ3n) is 3.15. The lowest BCUT2D eigenvalue weighted by Gasteiger charge is -2.23. The fourth-order valence-corrected chi connectivity index (χ4v) is 2.30. The van der Waals surface area contributed by atoms with Gasteiger partial charge in [0.1, 0.15) is 0 Å². The third-order valence-corrected chi connectivity index (χ3v) is 3.15. The van der Waals surface area contributed by atoms with Gasteiger partial charge in [0.2, 0.25) is 0 Å². The first-order valence-electron chi connectivity index (χ1n) is 5.31. The molecular weight excluding hydrogens is 174 g/mol. The van der Waals surface area contributed by atoms with Crippen molar-refractivity contribution in [2.24, 2.45) is 0 Å². The van der Waals surface area contributed by atoms with E-state index in [-0.39, 0.29) is 0 Å².